The Balaban J connectivity index is 0.00000264. The van der Waals surface area contributed by atoms with Gasteiger partial charge in [-0.05, 0) is 44.2 Å². The van der Waals surface area contributed by atoms with Crippen molar-refractivity contribution < 1.29 is 13.3 Å². The molecule has 7 nitrogen and oxygen atoms in total. The smallest absolute Gasteiger partial charge is 0.271 e. The fourth-order valence-corrected chi connectivity index (χ4v) is 4.55. The number of rotatable bonds is 4. The Morgan fingerprint density at radius 1 is 1.39 bits per heavy atom. The van der Waals surface area contributed by atoms with Gasteiger partial charge in [0.25, 0.3) is 5.69 Å². The van der Waals surface area contributed by atoms with Gasteiger partial charge in [0.2, 0.25) is 10.0 Å². The Kier molecular flexibility index (Phi) is 6.14. The third kappa shape index (κ3) is 3.82. The lowest BCUT2D eigenvalue weighted by Gasteiger charge is -2.19. The van der Waals surface area contributed by atoms with Gasteiger partial charge in [0, 0.05) is 31.3 Å². The summed E-state index contributed by atoms with van der Waals surface area (Å²) in [6, 6.07) is 2.47. The third-order valence-corrected chi connectivity index (χ3v) is 6.36. The molecular weight excluding hydrogens is 342 g/mol. The fourth-order valence-electron chi connectivity index (χ4n) is 2.72. The normalized spacial score (nSPS) is 20.1. The Morgan fingerprint density at radius 3 is 2.48 bits per heavy atom. The SMILES string of the molecule is Cc1cc([N+](=O)[O-])cc(S(=O)(=O)N2CCC(C(C)N)C2)c1C.Cl. The Bertz CT molecular complexity index is 706. The van der Waals surface area contributed by atoms with Gasteiger partial charge < -0.3 is 5.73 Å². The van der Waals surface area contributed by atoms with E-state index in [0.717, 1.165) is 6.07 Å². The van der Waals surface area contributed by atoms with E-state index >= 15 is 0 Å². The number of nitrogens with zero attached hydrogens (tertiary/aromatic N) is 2. The van der Waals surface area contributed by atoms with Gasteiger partial charge in [-0.25, -0.2) is 8.42 Å². The number of non-ortho nitro benzene ring substituents is 1. The number of hydrogen-bond donors (Lipinski definition) is 1. The van der Waals surface area contributed by atoms with Crippen LogP contribution in [0.4, 0.5) is 5.69 Å². The number of nitro groups is 1. The largest absolute Gasteiger partial charge is 0.328 e. The molecule has 2 rings (SSSR count). The summed E-state index contributed by atoms with van der Waals surface area (Å²) in [6.07, 6.45) is 0.712. The van der Waals surface area contributed by atoms with Gasteiger partial charge in [-0.3, -0.25) is 10.1 Å². The molecule has 0 radical (unpaired) electrons. The van der Waals surface area contributed by atoms with E-state index in [9.17, 15) is 18.5 Å². The quantitative estimate of drug-likeness (QED) is 0.650. The van der Waals surface area contributed by atoms with E-state index in [-0.39, 0.29) is 34.9 Å². The van der Waals surface area contributed by atoms with Crippen LogP contribution in [0.25, 0.3) is 0 Å². The van der Waals surface area contributed by atoms with Crippen LogP contribution >= 0.6 is 12.4 Å². The minimum Gasteiger partial charge on any atom is -0.328 e. The van der Waals surface area contributed by atoms with E-state index in [1.54, 1.807) is 13.8 Å². The maximum atomic E-state index is 12.8. The van der Waals surface area contributed by atoms with Crippen LogP contribution in [0.5, 0.6) is 0 Å². The molecule has 1 saturated heterocycles. The molecule has 0 spiro atoms. The first-order valence-corrected chi connectivity index (χ1v) is 8.60. The molecule has 0 amide bonds. The maximum Gasteiger partial charge on any atom is 0.271 e. The molecule has 1 aliphatic heterocycles. The van der Waals surface area contributed by atoms with Crippen molar-refractivity contribution in [2.45, 2.75) is 38.1 Å². The van der Waals surface area contributed by atoms with Crippen molar-refractivity contribution in [2.24, 2.45) is 11.7 Å². The van der Waals surface area contributed by atoms with Gasteiger partial charge in [-0.15, -0.1) is 12.4 Å². The van der Waals surface area contributed by atoms with Crippen LogP contribution in [0.15, 0.2) is 17.0 Å². The second-order valence-corrected chi connectivity index (χ2v) is 7.82. The summed E-state index contributed by atoms with van der Waals surface area (Å²) in [6.45, 7) is 5.97. The molecule has 0 bridgehead atoms. The first-order chi connectivity index (χ1) is 10.1. The van der Waals surface area contributed by atoms with E-state index < -0.39 is 14.9 Å². The first-order valence-electron chi connectivity index (χ1n) is 7.16. The van der Waals surface area contributed by atoms with E-state index in [0.29, 0.717) is 30.6 Å². The second-order valence-electron chi connectivity index (χ2n) is 5.91. The van der Waals surface area contributed by atoms with Crippen molar-refractivity contribution in [2.75, 3.05) is 13.1 Å². The van der Waals surface area contributed by atoms with E-state index in [1.165, 1.54) is 10.4 Å². The standard InChI is InChI=1S/C14H21N3O4S.ClH/c1-9-6-13(17(18)19)7-14(10(9)2)22(20,21)16-5-4-12(8-16)11(3)15;/h6-7,11-12H,4-5,8,15H2,1-3H3;1H. The molecule has 130 valence electrons. The zero-order chi connectivity index (χ0) is 16.7. The molecule has 2 atom stereocenters. The van der Waals surface area contributed by atoms with Gasteiger partial charge in [0.05, 0.1) is 9.82 Å². The number of benzene rings is 1. The average molecular weight is 364 g/mol. The predicted molar refractivity (Wildman–Crippen MR) is 90.3 cm³/mol. The predicted octanol–water partition coefficient (Wildman–Crippen LogP) is 1.99. The molecule has 2 N–H and O–H groups in total. The second kappa shape index (κ2) is 7.12. The van der Waals surface area contributed by atoms with Gasteiger partial charge in [-0.1, -0.05) is 0 Å². The molecule has 1 aromatic rings. The minimum absolute atomic E-state index is 0. The molecule has 0 aromatic heterocycles. The van der Waals surface area contributed by atoms with Crippen LogP contribution in [-0.4, -0.2) is 36.8 Å². The minimum atomic E-state index is -3.74. The van der Waals surface area contributed by atoms with Gasteiger partial charge in [0.1, 0.15) is 0 Å². The first kappa shape index (κ1) is 19.8. The summed E-state index contributed by atoms with van der Waals surface area (Å²) in [5, 5.41) is 11.0. The van der Waals surface area contributed by atoms with Crippen LogP contribution in [0.3, 0.4) is 0 Å². The number of sulfonamides is 1. The highest BCUT2D eigenvalue weighted by molar-refractivity contribution is 7.89. The summed E-state index contributed by atoms with van der Waals surface area (Å²) in [5.41, 5.74) is 6.79. The summed E-state index contributed by atoms with van der Waals surface area (Å²) < 4.78 is 27.0. The summed E-state index contributed by atoms with van der Waals surface area (Å²) in [4.78, 5) is 10.4. The fraction of sp³-hybridized carbons (Fsp3) is 0.571. The van der Waals surface area contributed by atoms with Crippen LogP contribution in [-0.2, 0) is 10.0 Å². The number of nitro benzene ring substituents is 1. The average Bonchev–Trinajstić information content (AvgIpc) is 2.91. The van der Waals surface area contributed by atoms with Crippen molar-refractivity contribution >= 4 is 28.1 Å². The summed E-state index contributed by atoms with van der Waals surface area (Å²) in [5.74, 6) is 0.120. The summed E-state index contributed by atoms with van der Waals surface area (Å²) >= 11 is 0. The monoisotopic (exact) mass is 363 g/mol. The topological polar surface area (TPSA) is 107 Å². The van der Waals surface area contributed by atoms with Crippen molar-refractivity contribution in [1.82, 2.24) is 4.31 Å². The Labute approximate surface area is 142 Å². The third-order valence-electron chi connectivity index (χ3n) is 4.36. The lowest BCUT2D eigenvalue weighted by molar-refractivity contribution is -0.385. The molecule has 0 aliphatic carbocycles. The van der Waals surface area contributed by atoms with E-state index in [4.69, 9.17) is 5.73 Å². The molecule has 1 aliphatic rings. The molecule has 23 heavy (non-hydrogen) atoms. The molecule has 1 fully saturated rings. The maximum absolute atomic E-state index is 12.8. The lowest BCUT2D eigenvalue weighted by atomic mass is 10.0. The van der Waals surface area contributed by atoms with Gasteiger partial charge in [-0.2, -0.15) is 4.31 Å². The summed E-state index contributed by atoms with van der Waals surface area (Å²) in [7, 11) is -3.74. The van der Waals surface area contributed by atoms with Gasteiger partial charge >= 0.3 is 0 Å². The number of nitrogens with two attached hydrogens (primary N) is 1. The molecule has 1 heterocycles. The van der Waals surface area contributed by atoms with Gasteiger partial charge in [0.15, 0.2) is 0 Å². The molecule has 2 unspecified atom stereocenters. The molecule has 0 saturated carbocycles. The highest BCUT2D eigenvalue weighted by Crippen LogP contribution is 2.31. The van der Waals surface area contributed by atoms with Crippen LogP contribution in [0, 0.1) is 29.9 Å². The van der Waals surface area contributed by atoms with Crippen molar-refractivity contribution in [3.63, 3.8) is 0 Å². The van der Waals surface area contributed by atoms with Crippen molar-refractivity contribution in [1.29, 1.82) is 0 Å². The highest BCUT2D eigenvalue weighted by Gasteiger charge is 2.35. The van der Waals surface area contributed by atoms with Crippen molar-refractivity contribution in [3.05, 3.63) is 33.4 Å². The zero-order valence-electron chi connectivity index (χ0n) is 13.4. The lowest BCUT2D eigenvalue weighted by Crippen LogP contribution is -2.33. The van der Waals surface area contributed by atoms with E-state index in [1.807, 2.05) is 6.92 Å². The molecule has 9 heteroatoms. The van der Waals surface area contributed by atoms with Crippen molar-refractivity contribution in [3.8, 4) is 0 Å². The number of halogens is 1. The number of hydrogen-bond acceptors (Lipinski definition) is 5. The molecular formula is C14H22ClN3O4S. The zero-order valence-corrected chi connectivity index (χ0v) is 15.0. The van der Waals surface area contributed by atoms with Crippen LogP contribution in [0.2, 0.25) is 0 Å². The van der Waals surface area contributed by atoms with Crippen LogP contribution in [0.1, 0.15) is 24.5 Å². The number of aryl methyl sites for hydroxylation is 1. The highest BCUT2D eigenvalue weighted by atomic mass is 35.5. The Morgan fingerprint density at radius 2 is 2.00 bits per heavy atom. The van der Waals surface area contributed by atoms with E-state index in [2.05, 4.69) is 0 Å². The Hall–Kier alpha value is -1.22. The van der Waals surface area contributed by atoms with Crippen LogP contribution < -0.4 is 5.73 Å². The molecule has 1 aromatic carbocycles.